The Morgan fingerprint density at radius 1 is 1.30 bits per heavy atom. The fourth-order valence-corrected chi connectivity index (χ4v) is 0.653. The highest BCUT2D eigenvalue weighted by Gasteiger charge is 1.78. The van der Waals surface area contributed by atoms with Crippen molar-refractivity contribution in [1.29, 1.82) is 0 Å². The molecule has 0 aliphatic carbocycles. The van der Waals surface area contributed by atoms with Gasteiger partial charge in [-0.05, 0) is 10.7 Å². The smallest absolute Gasteiger partial charge is 0.0289 e. The molecule has 0 aliphatic rings. The summed E-state index contributed by atoms with van der Waals surface area (Å²) in [5.74, 6) is 2.32. The van der Waals surface area contributed by atoms with E-state index in [4.69, 9.17) is 5.21 Å². The van der Waals surface area contributed by atoms with Gasteiger partial charge in [0.05, 0.1) is 0 Å². The monoisotopic (exact) mass is 133 g/mol. The summed E-state index contributed by atoms with van der Waals surface area (Å²) in [7, 11) is 0. The largest absolute Gasteiger partial charge is 0.404 e. The van der Waals surface area contributed by atoms with Crippen LogP contribution in [0.25, 0.3) is 6.08 Å². The highest BCUT2D eigenvalue weighted by molar-refractivity contribution is 5.77. The van der Waals surface area contributed by atoms with Gasteiger partial charge in [0.1, 0.15) is 0 Å². The summed E-state index contributed by atoms with van der Waals surface area (Å²) in [6.45, 7) is 0. The van der Waals surface area contributed by atoms with Crippen molar-refractivity contribution in [1.82, 2.24) is 0 Å². The average molecular weight is 133 g/mol. The Labute approximate surface area is 59.1 Å². The Bertz CT molecular complexity index is 247. The maximum atomic E-state index is 8.01. The summed E-state index contributed by atoms with van der Waals surface area (Å²) in [5.41, 5.74) is 0.973. The van der Waals surface area contributed by atoms with Gasteiger partial charge in [-0.3, -0.25) is 0 Å². The number of benzene rings is 1. The standard InChI is InChI=1S/C8H7NO/c10-9-7-6-8-4-2-1-3-5-8/h1-6,10H. The SMILES string of the molecule is ON=C=Cc1ccccc1. The van der Waals surface area contributed by atoms with Crippen LogP contribution in [0.5, 0.6) is 0 Å². The van der Waals surface area contributed by atoms with E-state index in [2.05, 4.69) is 11.0 Å². The van der Waals surface area contributed by atoms with E-state index in [1.165, 1.54) is 0 Å². The quantitative estimate of drug-likeness (QED) is 0.353. The number of nitrogens with zero attached hydrogens (tertiary/aromatic N) is 1. The molecule has 1 N–H and O–H groups in total. The van der Waals surface area contributed by atoms with E-state index in [0.717, 1.165) is 5.56 Å². The molecule has 0 aliphatic heterocycles. The first-order chi connectivity index (χ1) is 4.93. The third kappa shape index (κ3) is 1.77. The number of hydrogen-bond acceptors (Lipinski definition) is 2. The van der Waals surface area contributed by atoms with Crippen molar-refractivity contribution >= 4 is 11.9 Å². The molecule has 10 heavy (non-hydrogen) atoms. The fraction of sp³-hybridized carbons (Fsp3) is 0. The van der Waals surface area contributed by atoms with Crippen LogP contribution in [-0.2, 0) is 0 Å². The minimum atomic E-state index is 0.973. The summed E-state index contributed by atoms with van der Waals surface area (Å²) in [6.07, 6.45) is 1.60. The van der Waals surface area contributed by atoms with Crippen molar-refractivity contribution in [3.8, 4) is 0 Å². The molecule has 0 fully saturated rings. The van der Waals surface area contributed by atoms with E-state index in [1.54, 1.807) is 6.08 Å². The zero-order valence-electron chi connectivity index (χ0n) is 5.36. The van der Waals surface area contributed by atoms with Crippen LogP contribution in [0.3, 0.4) is 0 Å². The highest BCUT2D eigenvalue weighted by atomic mass is 16.4. The molecule has 0 atom stereocenters. The van der Waals surface area contributed by atoms with Gasteiger partial charge in [-0.1, -0.05) is 30.3 Å². The third-order valence-corrected chi connectivity index (χ3v) is 1.09. The fourth-order valence-electron chi connectivity index (χ4n) is 0.653. The van der Waals surface area contributed by atoms with Crippen LogP contribution >= 0.6 is 0 Å². The van der Waals surface area contributed by atoms with E-state index in [1.807, 2.05) is 30.3 Å². The lowest BCUT2D eigenvalue weighted by Gasteiger charge is -1.84. The van der Waals surface area contributed by atoms with Crippen molar-refractivity contribution in [2.24, 2.45) is 5.16 Å². The molecular formula is C8H7NO. The maximum absolute atomic E-state index is 8.01. The lowest BCUT2D eigenvalue weighted by Crippen LogP contribution is -1.67. The highest BCUT2D eigenvalue weighted by Crippen LogP contribution is 1.97. The van der Waals surface area contributed by atoms with Crippen molar-refractivity contribution in [2.75, 3.05) is 0 Å². The van der Waals surface area contributed by atoms with Crippen molar-refractivity contribution in [2.45, 2.75) is 0 Å². The van der Waals surface area contributed by atoms with E-state index >= 15 is 0 Å². The molecule has 0 spiro atoms. The second-order valence-corrected chi connectivity index (χ2v) is 1.78. The summed E-state index contributed by atoms with van der Waals surface area (Å²) in [6, 6.07) is 9.54. The molecule has 0 saturated heterocycles. The van der Waals surface area contributed by atoms with Gasteiger partial charge in [0.2, 0.25) is 0 Å². The first-order valence-corrected chi connectivity index (χ1v) is 2.91. The molecule has 0 heterocycles. The second kappa shape index (κ2) is 3.49. The van der Waals surface area contributed by atoms with Gasteiger partial charge in [0, 0.05) is 11.9 Å². The van der Waals surface area contributed by atoms with E-state index in [0.29, 0.717) is 0 Å². The topological polar surface area (TPSA) is 32.6 Å². The van der Waals surface area contributed by atoms with Crippen LogP contribution in [0.4, 0.5) is 0 Å². The van der Waals surface area contributed by atoms with Gasteiger partial charge in [0.15, 0.2) is 0 Å². The van der Waals surface area contributed by atoms with E-state index in [-0.39, 0.29) is 0 Å². The average Bonchev–Trinajstić information content (AvgIpc) is 2.03. The predicted molar refractivity (Wildman–Crippen MR) is 40.1 cm³/mol. The van der Waals surface area contributed by atoms with Gasteiger partial charge in [0.25, 0.3) is 0 Å². The van der Waals surface area contributed by atoms with E-state index in [9.17, 15) is 0 Å². The van der Waals surface area contributed by atoms with Crippen molar-refractivity contribution in [3.63, 3.8) is 0 Å². The van der Waals surface area contributed by atoms with Crippen LogP contribution in [0.15, 0.2) is 35.5 Å². The molecule has 0 unspecified atom stereocenters. The van der Waals surface area contributed by atoms with Crippen LogP contribution in [-0.4, -0.2) is 11.1 Å². The normalized spacial score (nSPS) is 8.00. The molecular weight excluding hydrogens is 126 g/mol. The molecule has 2 nitrogen and oxygen atoms in total. The minimum Gasteiger partial charge on any atom is -0.404 e. The Kier molecular flexibility index (Phi) is 2.30. The van der Waals surface area contributed by atoms with E-state index < -0.39 is 0 Å². The first-order valence-electron chi connectivity index (χ1n) is 2.91. The summed E-state index contributed by atoms with van der Waals surface area (Å²) in [5, 5.41) is 10.7. The molecule has 0 radical (unpaired) electrons. The maximum Gasteiger partial charge on any atom is 0.0289 e. The molecule has 2 heteroatoms. The van der Waals surface area contributed by atoms with Crippen LogP contribution in [0, 0.1) is 0 Å². The van der Waals surface area contributed by atoms with Crippen molar-refractivity contribution in [3.05, 3.63) is 35.9 Å². The van der Waals surface area contributed by atoms with Gasteiger partial charge >= 0.3 is 0 Å². The van der Waals surface area contributed by atoms with Crippen molar-refractivity contribution < 1.29 is 5.21 Å². The van der Waals surface area contributed by atoms with Gasteiger partial charge in [-0.15, -0.1) is 0 Å². The Morgan fingerprint density at radius 2 is 2.00 bits per heavy atom. The predicted octanol–water partition coefficient (Wildman–Crippen LogP) is 1.76. The minimum absolute atomic E-state index is 0.973. The van der Waals surface area contributed by atoms with Gasteiger partial charge in [-0.2, -0.15) is 0 Å². The first kappa shape index (κ1) is 6.59. The Hall–Kier alpha value is -1.53. The lowest BCUT2D eigenvalue weighted by molar-refractivity contribution is 0.323. The zero-order valence-corrected chi connectivity index (χ0v) is 5.36. The van der Waals surface area contributed by atoms with Crippen LogP contribution in [0.2, 0.25) is 0 Å². The van der Waals surface area contributed by atoms with Crippen LogP contribution in [0.1, 0.15) is 5.56 Å². The number of hydrogen-bond donors (Lipinski definition) is 1. The summed E-state index contributed by atoms with van der Waals surface area (Å²) >= 11 is 0. The molecule has 1 aromatic rings. The summed E-state index contributed by atoms with van der Waals surface area (Å²) < 4.78 is 0. The zero-order chi connectivity index (χ0) is 7.23. The second-order valence-electron chi connectivity index (χ2n) is 1.78. The Morgan fingerprint density at radius 3 is 2.60 bits per heavy atom. The molecule has 1 aromatic carbocycles. The van der Waals surface area contributed by atoms with Gasteiger partial charge in [-0.25, -0.2) is 0 Å². The number of rotatable bonds is 1. The molecule has 50 valence electrons. The molecule has 0 bridgehead atoms. The molecule has 0 aromatic heterocycles. The molecule has 0 saturated carbocycles. The Balaban J connectivity index is 2.87. The summed E-state index contributed by atoms with van der Waals surface area (Å²) in [4.78, 5) is 0. The van der Waals surface area contributed by atoms with Crippen LogP contribution < -0.4 is 0 Å². The lowest BCUT2D eigenvalue weighted by atomic mass is 10.2. The third-order valence-electron chi connectivity index (χ3n) is 1.09. The molecule has 1 rings (SSSR count). The van der Waals surface area contributed by atoms with Gasteiger partial charge < -0.3 is 5.21 Å². The molecule has 0 amide bonds.